The summed E-state index contributed by atoms with van der Waals surface area (Å²) >= 11 is 6.21. The third kappa shape index (κ3) is 3.29. The molecule has 0 aliphatic carbocycles. The Kier molecular flexibility index (Phi) is 4.98. The molecule has 2 N–H and O–H groups in total. The number of fused-ring (bicyclic) bond motifs is 1. The number of amides is 1. The van der Waals surface area contributed by atoms with Crippen molar-refractivity contribution in [1.29, 1.82) is 5.26 Å². The highest BCUT2D eigenvalue weighted by Gasteiger charge is 2.32. The van der Waals surface area contributed by atoms with E-state index in [9.17, 15) is 10.1 Å². The normalized spacial score (nSPS) is 15.7. The first-order valence-corrected chi connectivity index (χ1v) is 9.36. The molecule has 0 saturated carbocycles. The number of halogens is 2. The zero-order chi connectivity index (χ0) is 21.4. The van der Waals surface area contributed by atoms with Crippen molar-refractivity contribution in [2.75, 3.05) is 17.2 Å². The van der Waals surface area contributed by atoms with Crippen LogP contribution in [0.25, 0.3) is 11.1 Å². The first-order valence-electron chi connectivity index (χ1n) is 8.98. The van der Waals surface area contributed by atoms with Crippen LogP contribution in [0.4, 0.5) is 15.9 Å². The maximum absolute atomic E-state index is 15.1. The largest absolute Gasteiger partial charge is 0.472 e. The van der Waals surface area contributed by atoms with E-state index < -0.39 is 17.8 Å². The van der Waals surface area contributed by atoms with Crippen molar-refractivity contribution in [3.8, 4) is 23.1 Å². The smallest absolute Gasteiger partial charge is 0.267 e. The first-order chi connectivity index (χ1) is 14.4. The number of aromatic nitrogens is 2. The fourth-order valence-electron chi connectivity index (χ4n) is 3.36. The Balaban J connectivity index is 1.79. The van der Waals surface area contributed by atoms with E-state index in [4.69, 9.17) is 22.1 Å². The molecule has 1 aromatic heterocycles. The maximum Gasteiger partial charge on any atom is 0.267 e. The van der Waals surface area contributed by atoms with Crippen LogP contribution in [0.2, 0.25) is 5.02 Å². The predicted octanol–water partition coefficient (Wildman–Crippen LogP) is 3.82. The van der Waals surface area contributed by atoms with Crippen molar-refractivity contribution in [2.24, 2.45) is 0 Å². The Morgan fingerprint density at radius 1 is 1.30 bits per heavy atom. The van der Waals surface area contributed by atoms with Gasteiger partial charge >= 0.3 is 0 Å². The molecule has 1 unspecified atom stereocenters. The second kappa shape index (κ2) is 7.61. The van der Waals surface area contributed by atoms with E-state index in [0.29, 0.717) is 11.3 Å². The fraction of sp³-hybridized carbons (Fsp3) is 0.143. The standard InChI is InChI=1S/C21H15ClFN5O2/c1-11-9-28(21(29)18-19(25)26-10-27-20(18)30-11)13-5-6-14(16(23)7-13)17-12(8-24)3-2-4-15(17)22/h2-7,10-11H,9H2,1H3,(H2,25,26,27). The number of nitrogens with two attached hydrogens (primary N) is 1. The van der Waals surface area contributed by atoms with Crippen molar-refractivity contribution < 1.29 is 13.9 Å². The van der Waals surface area contributed by atoms with Gasteiger partial charge in [0.05, 0.1) is 18.2 Å². The third-order valence-electron chi connectivity index (χ3n) is 4.72. The highest BCUT2D eigenvalue weighted by atomic mass is 35.5. The van der Waals surface area contributed by atoms with Gasteiger partial charge < -0.3 is 15.4 Å². The van der Waals surface area contributed by atoms with Crippen LogP contribution in [-0.4, -0.2) is 28.5 Å². The molecule has 4 rings (SSSR count). The molecule has 0 fully saturated rings. The molecule has 1 atom stereocenters. The van der Waals surface area contributed by atoms with Crippen molar-refractivity contribution in [3.05, 3.63) is 64.7 Å². The number of nitrogens with zero attached hydrogens (tertiary/aromatic N) is 4. The summed E-state index contributed by atoms with van der Waals surface area (Å²) < 4.78 is 20.8. The minimum absolute atomic E-state index is 0.0177. The summed E-state index contributed by atoms with van der Waals surface area (Å²) in [5, 5.41) is 9.60. The van der Waals surface area contributed by atoms with Crippen molar-refractivity contribution in [1.82, 2.24) is 9.97 Å². The summed E-state index contributed by atoms with van der Waals surface area (Å²) in [4.78, 5) is 22.3. The van der Waals surface area contributed by atoms with Gasteiger partial charge in [0.2, 0.25) is 5.88 Å². The Morgan fingerprint density at radius 3 is 2.83 bits per heavy atom. The summed E-state index contributed by atoms with van der Waals surface area (Å²) in [5.41, 5.74) is 6.92. The molecule has 1 aliphatic heterocycles. The Labute approximate surface area is 176 Å². The Morgan fingerprint density at radius 2 is 2.10 bits per heavy atom. The lowest BCUT2D eigenvalue weighted by Crippen LogP contribution is -2.36. The molecule has 0 saturated heterocycles. The van der Waals surface area contributed by atoms with E-state index in [1.54, 1.807) is 31.2 Å². The second-order valence-electron chi connectivity index (χ2n) is 6.72. The van der Waals surface area contributed by atoms with E-state index in [0.717, 1.165) is 0 Å². The van der Waals surface area contributed by atoms with E-state index in [1.807, 2.05) is 6.07 Å². The number of carbonyl (C=O) groups is 1. The van der Waals surface area contributed by atoms with Crippen LogP contribution >= 0.6 is 11.6 Å². The summed E-state index contributed by atoms with van der Waals surface area (Å²) in [6, 6.07) is 11.1. The Hall–Kier alpha value is -3.70. The Bertz CT molecular complexity index is 1210. The summed E-state index contributed by atoms with van der Waals surface area (Å²) in [5.74, 6) is -1.04. The van der Waals surface area contributed by atoms with Crippen LogP contribution in [0.3, 0.4) is 0 Å². The van der Waals surface area contributed by atoms with Gasteiger partial charge in [-0.2, -0.15) is 5.26 Å². The SMILES string of the molecule is CC1CN(c2ccc(-c3c(Cl)cccc3C#N)c(F)c2)C(=O)c2c(N)ncnc2O1. The molecule has 0 bridgehead atoms. The molecule has 150 valence electrons. The first kappa shape index (κ1) is 19.6. The maximum atomic E-state index is 15.1. The molecule has 2 heterocycles. The topological polar surface area (TPSA) is 105 Å². The van der Waals surface area contributed by atoms with Crippen LogP contribution in [-0.2, 0) is 0 Å². The van der Waals surface area contributed by atoms with Gasteiger partial charge in [-0.25, -0.2) is 14.4 Å². The molecule has 2 aromatic carbocycles. The third-order valence-corrected chi connectivity index (χ3v) is 5.04. The van der Waals surface area contributed by atoms with Crippen molar-refractivity contribution in [3.63, 3.8) is 0 Å². The second-order valence-corrected chi connectivity index (χ2v) is 7.13. The minimum Gasteiger partial charge on any atom is -0.472 e. The van der Waals surface area contributed by atoms with Gasteiger partial charge in [0.15, 0.2) is 0 Å². The van der Waals surface area contributed by atoms with Gasteiger partial charge in [-0.15, -0.1) is 0 Å². The zero-order valence-corrected chi connectivity index (χ0v) is 16.5. The van der Waals surface area contributed by atoms with Crippen LogP contribution in [0.1, 0.15) is 22.8 Å². The molecule has 1 aliphatic rings. The average Bonchev–Trinajstić information content (AvgIpc) is 2.84. The van der Waals surface area contributed by atoms with Crippen molar-refractivity contribution >= 4 is 29.0 Å². The highest BCUT2D eigenvalue weighted by molar-refractivity contribution is 6.33. The van der Waals surface area contributed by atoms with Crippen LogP contribution < -0.4 is 15.4 Å². The summed E-state index contributed by atoms with van der Waals surface area (Å²) in [6.07, 6.45) is 0.801. The number of nitrogen functional groups attached to an aromatic ring is 1. The molecule has 30 heavy (non-hydrogen) atoms. The quantitative estimate of drug-likeness (QED) is 0.671. The monoisotopic (exact) mass is 423 g/mol. The number of anilines is 2. The molecule has 9 heteroatoms. The molecule has 1 amide bonds. The lowest BCUT2D eigenvalue weighted by Gasteiger charge is -2.23. The van der Waals surface area contributed by atoms with Gasteiger partial charge in [-0.05, 0) is 37.3 Å². The van der Waals surface area contributed by atoms with Crippen molar-refractivity contribution in [2.45, 2.75) is 13.0 Å². The van der Waals surface area contributed by atoms with Crippen LogP contribution in [0, 0.1) is 17.1 Å². The fourth-order valence-corrected chi connectivity index (χ4v) is 3.64. The number of benzene rings is 2. The van der Waals surface area contributed by atoms with Gasteiger partial charge in [-0.1, -0.05) is 17.7 Å². The van der Waals surface area contributed by atoms with Gasteiger partial charge in [0.25, 0.3) is 5.91 Å². The van der Waals surface area contributed by atoms with E-state index in [-0.39, 0.29) is 40.0 Å². The number of ether oxygens (including phenoxy) is 1. The molecular weight excluding hydrogens is 409 g/mol. The van der Waals surface area contributed by atoms with Gasteiger partial charge in [0.1, 0.15) is 29.6 Å². The molecule has 3 aromatic rings. The number of hydrogen-bond acceptors (Lipinski definition) is 6. The molecular formula is C21H15ClFN5O2. The number of hydrogen-bond donors (Lipinski definition) is 1. The van der Waals surface area contributed by atoms with E-state index >= 15 is 4.39 Å². The van der Waals surface area contributed by atoms with E-state index in [2.05, 4.69) is 9.97 Å². The van der Waals surface area contributed by atoms with Gasteiger partial charge in [-0.3, -0.25) is 4.79 Å². The molecule has 7 nitrogen and oxygen atoms in total. The number of nitriles is 1. The molecule has 0 radical (unpaired) electrons. The highest BCUT2D eigenvalue weighted by Crippen LogP contribution is 2.36. The lowest BCUT2D eigenvalue weighted by molar-refractivity contribution is 0.0988. The summed E-state index contributed by atoms with van der Waals surface area (Å²) in [7, 11) is 0. The molecule has 0 spiro atoms. The van der Waals surface area contributed by atoms with Gasteiger partial charge in [0, 0.05) is 21.8 Å². The summed E-state index contributed by atoms with van der Waals surface area (Å²) in [6.45, 7) is 1.92. The number of rotatable bonds is 2. The zero-order valence-electron chi connectivity index (χ0n) is 15.8. The predicted molar refractivity (Wildman–Crippen MR) is 110 cm³/mol. The van der Waals surface area contributed by atoms with Crippen LogP contribution in [0.5, 0.6) is 5.88 Å². The average molecular weight is 424 g/mol. The lowest BCUT2D eigenvalue weighted by atomic mass is 9.99. The number of carbonyl (C=O) groups excluding carboxylic acids is 1. The van der Waals surface area contributed by atoms with Crippen LogP contribution in [0.15, 0.2) is 42.7 Å². The van der Waals surface area contributed by atoms with E-state index in [1.165, 1.54) is 23.4 Å². The minimum atomic E-state index is -0.625.